The predicted octanol–water partition coefficient (Wildman–Crippen LogP) is 0.993. The molecule has 1 aliphatic heterocycles. The van der Waals surface area contributed by atoms with Crippen LogP contribution in [0.25, 0.3) is 0 Å². The number of carbonyl (C=O) groups excluding carboxylic acids is 2. The van der Waals surface area contributed by atoms with Crippen molar-refractivity contribution in [2.75, 3.05) is 13.7 Å². The molecule has 1 aromatic rings. The molecule has 0 radical (unpaired) electrons. The smallest absolute Gasteiger partial charge is 0.320 e. The van der Waals surface area contributed by atoms with E-state index in [1.54, 1.807) is 0 Å². The van der Waals surface area contributed by atoms with Gasteiger partial charge in [-0.3, -0.25) is 9.59 Å². The summed E-state index contributed by atoms with van der Waals surface area (Å²) in [5, 5.41) is 2.18. The van der Waals surface area contributed by atoms with Crippen molar-refractivity contribution in [1.29, 1.82) is 0 Å². The summed E-state index contributed by atoms with van der Waals surface area (Å²) < 4.78 is 4.94. The highest BCUT2D eigenvalue weighted by Gasteiger charge is 2.29. The Morgan fingerprint density at radius 2 is 2.24 bits per heavy atom. The fourth-order valence-electron chi connectivity index (χ4n) is 1.62. The van der Waals surface area contributed by atoms with Gasteiger partial charge < -0.3 is 10.1 Å². The van der Waals surface area contributed by atoms with Gasteiger partial charge in [0.05, 0.1) is 0 Å². The molecule has 17 heavy (non-hydrogen) atoms. The number of hydrogen-bond donors (Lipinski definition) is 1. The van der Waals surface area contributed by atoms with Gasteiger partial charge in [-0.25, -0.2) is 0 Å². The van der Waals surface area contributed by atoms with Gasteiger partial charge in [0.2, 0.25) is 0 Å². The van der Waals surface area contributed by atoms with Crippen LogP contribution in [0.4, 0.5) is 0 Å². The van der Waals surface area contributed by atoms with Crippen LogP contribution in [0.1, 0.15) is 5.56 Å². The summed E-state index contributed by atoms with van der Waals surface area (Å²) in [6.07, 6.45) is 0.674. The molecule has 4 nitrogen and oxygen atoms in total. The Morgan fingerprint density at radius 3 is 2.94 bits per heavy atom. The molecule has 0 saturated carbocycles. The van der Waals surface area contributed by atoms with E-state index in [2.05, 4.69) is 5.32 Å². The second-order valence-electron chi connectivity index (χ2n) is 3.70. The number of rotatable bonds is 3. The Hall–Kier alpha value is -1.49. The summed E-state index contributed by atoms with van der Waals surface area (Å²) in [5.41, 5.74) is 1.17. The molecule has 0 saturated heterocycles. The largest absolute Gasteiger partial charge is 0.455 e. The maximum absolute atomic E-state index is 11.7. The van der Waals surface area contributed by atoms with Gasteiger partial charge in [0, 0.05) is 11.9 Å². The minimum atomic E-state index is -0.324. The lowest BCUT2D eigenvalue weighted by atomic mass is 10.1. The van der Waals surface area contributed by atoms with Crippen LogP contribution in [0.5, 0.6) is 0 Å². The van der Waals surface area contributed by atoms with Gasteiger partial charge in [-0.1, -0.05) is 18.2 Å². The molecular formula is C12H13NO3S. The zero-order chi connectivity index (χ0) is 12.3. The maximum Gasteiger partial charge on any atom is 0.320 e. The Labute approximate surface area is 104 Å². The highest BCUT2D eigenvalue weighted by atomic mass is 32.2. The van der Waals surface area contributed by atoms with E-state index in [0.29, 0.717) is 6.42 Å². The molecule has 1 aliphatic rings. The first-order valence-electron chi connectivity index (χ1n) is 5.32. The first-order chi connectivity index (χ1) is 8.20. The molecule has 1 unspecified atom stereocenters. The molecule has 1 heterocycles. The highest BCUT2D eigenvalue weighted by molar-refractivity contribution is 8.01. The average Bonchev–Trinajstić information content (AvgIpc) is 2.79. The van der Waals surface area contributed by atoms with Gasteiger partial charge >= 0.3 is 5.97 Å². The number of amides is 1. The van der Waals surface area contributed by atoms with Gasteiger partial charge in [-0.15, -0.1) is 11.8 Å². The summed E-state index contributed by atoms with van der Waals surface area (Å²) in [5.74, 6) is -0.617. The topological polar surface area (TPSA) is 55.4 Å². The van der Waals surface area contributed by atoms with Crippen LogP contribution in [0.2, 0.25) is 0 Å². The summed E-state index contributed by atoms with van der Waals surface area (Å²) in [6.45, 7) is -0.206. The molecule has 0 aromatic heterocycles. The molecule has 0 aliphatic carbocycles. The standard InChI is InChI=1S/C12H13NO3S/c1-13-11(14)7-16-12(15)10-6-8-4-2-3-5-9(8)17-10/h2-5,10H,6-7H2,1H3,(H,13,14). The average molecular weight is 251 g/mol. The minimum Gasteiger partial charge on any atom is -0.455 e. The van der Waals surface area contributed by atoms with Crippen LogP contribution < -0.4 is 5.32 Å². The van der Waals surface area contributed by atoms with Crippen molar-refractivity contribution in [2.45, 2.75) is 16.6 Å². The SMILES string of the molecule is CNC(=O)COC(=O)C1Cc2ccccc2S1. The molecule has 5 heteroatoms. The van der Waals surface area contributed by atoms with Crippen molar-refractivity contribution in [2.24, 2.45) is 0 Å². The molecule has 2 rings (SSSR count). The van der Waals surface area contributed by atoms with Crippen molar-refractivity contribution < 1.29 is 14.3 Å². The summed E-state index contributed by atoms with van der Waals surface area (Å²) in [4.78, 5) is 23.8. The third-order valence-corrected chi connectivity index (χ3v) is 3.83. The second kappa shape index (κ2) is 5.23. The molecule has 90 valence electrons. The molecule has 0 spiro atoms. The number of ether oxygens (including phenoxy) is 1. The Morgan fingerprint density at radius 1 is 1.47 bits per heavy atom. The fraction of sp³-hybridized carbons (Fsp3) is 0.333. The first kappa shape index (κ1) is 12.0. The zero-order valence-corrected chi connectivity index (χ0v) is 10.3. The maximum atomic E-state index is 11.7. The third-order valence-electron chi connectivity index (χ3n) is 2.53. The lowest BCUT2D eigenvalue weighted by Gasteiger charge is -2.08. The quantitative estimate of drug-likeness (QED) is 0.814. The number of nitrogens with one attached hydrogen (secondary N) is 1. The Kier molecular flexibility index (Phi) is 3.68. The van der Waals surface area contributed by atoms with E-state index in [-0.39, 0.29) is 23.7 Å². The van der Waals surface area contributed by atoms with Crippen molar-refractivity contribution >= 4 is 23.6 Å². The van der Waals surface area contributed by atoms with Crippen LogP contribution >= 0.6 is 11.8 Å². The normalized spacial score (nSPS) is 17.4. The lowest BCUT2D eigenvalue weighted by molar-refractivity contribution is -0.147. The Bertz CT molecular complexity index is 422. The van der Waals surface area contributed by atoms with E-state index >= 15 is 0 Å². The fourth-order valence-corrected chi connectivity index (χ4v) is 2.81. The zero-order valence-electron chi connectivity index (χ0n) is 9.43. The predicted molar refractivity (Wildman–Crippen MR) is 64.8 cm³/mol. The number of carbonyl (C=O) groups is 2. The van der Waals surface area contributed by atoms with Gasteiger partial charge in [0.15, 0.2) is 6.61 Å². The number of benzene rings is 1. The van der Waals surface area contributed by atoms with Gasteiger partial charge in [-0.05, 0) is 18.1 Å². The second-order valence-corrected chi connectivity index (χ2v) is 4.94. The molecular weight excluding hydrogens is 238 g/mol. The van der Waals surface area contributed by atoms with Crippen molar-refractivity contribution in [3.63, 3.8) is 0 Å². The number of likely N-dealkylation sites (N-methyl/N-ethyl adjacent to an activating group) is 1. The van der Waals surface area contributed by atoms with E-state index in [9.17, 15) is 9.59 Å². The number of hydrogen-bond acceptors (Lipinski definition) is 4. The van der Waals surface area contributed by atoms with E-state index in [4.69, 9.17) is 4.74 Å². The van der Waals surface area contributed by atoms with Crippen LogP contribution in [-0.2, 0) is 20.7 Å². The molecule has 1 amide bonds. The first-order valence-corrected chi connectivity index (χ1v) is 6.20. The summed E-state index contributed by atoms with van der Waals surface area (Å²) in [6, 6.07) is 7.90. The molecule has 1 aromatic carbocycles. The monoisotopic (exact) mass is 251 g/mol. The highest BCUT2D eigenvalue weighted by Crippen LogP contribution is 2.37. The number of esters is 1. The van der Waals surface area contributed by atoms with Crippen LogP contribution in [0.15, 0.2) is 29.2 Å². The third kappa shape index (κ3) is 2.79. The minimum absolute atomic E-state index is 0.206. The summed E-state index contributed by atoms with van der Waals surface area (Å²) >= 11 is 1.50. The van der Waals surface area contributed by atoms with E-state index in [1.807, 2.05) is 24.3 Å². The molecule has 0 bridgehead atoms. The van der Waals surface area contributed by atoms with Crippen LogP contribution in [0, 0.1) is 0 Å². The van der Waals surface area contributed by atoms with Crippen LogP contribution in [-0.4, -0.2) is 30.8 Å². The van der Waals surface area contributed by atoms with Gasteiger partial charge in [0.25, 0.3) is 5.91 Å². The molecule has 1 N–H and O–H groups in total. The lowest BCUT2D eigenvalue weighted by Crippen LogP contribution is -2.28. The van der Waals surface area contributed by atoms with Crippen molar-refractivity contribution in [3.05, 3.63) is 29.8 Å². The summed E-state index contributed by atoms with van der Waals surface area (Å²) in [7, 11) is 1.51. The number of thioether (sulfide) groups is 1. The number of fused-ring (bicyclic) bond motifs is 1. The molecule has 0 fully saturated rings. The van der Waals surface area contributed by atoms with Crippen molar-refractivity contribution in [3.8, 4) is 0 Å². The van der Waals surface area contributed by atoms with E-state index in [1.165, 1.54) is 24.4 Å². The van der Waals surface area contributed by atoms with Crippen molar-refractivity contribution in [1.82, 2.24) is 5.32 Å². The van der Waals surface area contributed by atoms with Gasteiger partial charge in [-0.2, -0.15) is 0 Å². The van der Waals surface area contributed by atoms with Crippen LogP contribution in [0.3, 0.4) is 0 Å². The van der Waals surface area contributed by atoms with Gasteiger partial charge in [0.1, 0.15) is 5.25 Å². The van der Waals surface area contributed by atoms with E-state index < -0.39 is 0 Å². The Balaban J connectivity index is 1.90. The van der Waals surface area contributed by atoms with E-state index in [0.717, 1.165) is 4.90 Å². The molecule has 1 atom stereocenters.